The van der Waals surface area contributed by atoms with Crippen molar-refractivity contribution in [2.45, 2.75) is 17.2 Å². The van der Waals surface area contributed by atoms with E-state index in [0.717, 1.165) is 21.9 Å². The van der Waals surface area contributed by atoms with Crippen LogP contribution in [-0.4, -0.2) is 17.0 Å². The van der Waals surface area contributed by atoms with Gasteiger partial charge in [0.2, 0.25) is 0 Å². The monoisotopic (exact) mass is 392 g/mol. The molecule has 0 radical (unpaired) electrons. The molecule has 4 rings (SSSR count). The fourth-order valence-electron chi connectivity index (χ4n) is 2.86. The Hall–Kier alpha value is -2.56. The third-order valence-electron chi connectivity index (χ3n) is 4.32. The van der Waals surface area contributed by atoms with Crippen molar-refractivity contribution in [3.63, 3.8) is 0 Å². The summed E-state index contributed by atoms with van der Waals surface area (Å²) in [6, 6.07) is 23.1. The number of halogens is 1. The highest BCUT2D eigenvalue weighted by atomic mass is 35.5. The summed E-state index contributed by atoms with van der Waals surface area (Å²) >= 11 is 7.53. The zero-order valence-corrected chi connectivity index (χ0v) is 16.2. The van der Waals surface area contributed by atoms with Gasteiger partial charge in [0.15, 0.2) is 0 Å². The predicted octanol–water partition coefficient (Wildman–Crippen LogP) is 5.63. The molecular formula is C22H17ClN2OS. The van der Waals surface area contributed by atoms with Crippen LogP contribution in [0.1, 0.15) is 21.5 Å². The second kappa shape index (κ2) is 7.59. The highest BCUT2D eigenvalue weighted by Gasteiger charge is 2.27. The molecule has 27 heavy (non-hydrogen) atoms. The van der Waals surface area contributed by atoms with E-state index in [1.54, 1.807) is 36.0 Å². The molecule has 0 aliphatic carbocycles. The fourth-order valence-corrected chi connectivity index (χ4v) is 4.10. The number of benzene rings is 3. The smallest absolute Gasteiger partial charge is 0.252 e. The number of amides is 1. The first-order valence-corrected chi connectivity index (χ1v) is 9.84. The standard InChI is InChI=1S/C22H17ClN2OS/c1-14-6-8-15(9-7-14)20-22(27-19-5-3-2-4-18(19)24-20)25-21(26)16-10-12-17(23)13-11-16/h2-13,22H,1H3,(H,25,26). The van der Waals surface area contributed by atoms with Gasteiger partial charge in [-0.3, -0.25) is 4.79 Å². The molecule has 1 aliphatic heterocycles. The molecular weight excluding hydrogens is 376 g/mol. The molecule has 3 aromatic rings. The van der Waals surface area contributed by atoms with Gasteiger partial charge in [-0.1, -0.05) is 65.3 Å². The van der Waals surface area contributed by atoms with E-state index < -0.39 is 0 Å². The van der Waals surface area contributed by atoms with Gasteiger partial charge in [-0.25, -0.2) is 4.99 Å². The number of carbonyl (C=O) groups is 1. The number of nitrogens with one attached hydrogen (secondary N) is 1. The molecule has 1 N–H and O–H groups in total. The Bertz CT molecular complexity index is 1010. The van der Waals surface area contributed by atoms with Crippen molar-refractivity contribution in [2.24, 2.45) is 4.99 Å². The summed E-state index contributed by atoms with van der Waals surface area (Å²) in [6.45, 7) is 2.05. The van der Waals surface area contributed by atoms with Crippen LogP contribution >= 0.6 is 23.4 Å². The van der Waals surface area contributed by atoms with Gasteiger partial charge in [0, 0.05) is 15.5 Å². The predicted molar refractivity (Wildman–Crippen MR) is 112 cm³/mol. The summed E-state index contributed by atoms with van der Waals surface area (Å²) in [4.78, 5) is 18.6. The highest BCUT2D eigenvalue weighted by molar-refractivity contribution is 8.00. The lowest BCUT2D eigenvalue weighted by atomic mass is 10.1. The number of carbonyl (C=O) groups excluding carboxylic acids is 1. The van der Waals surface area contributed by atoms with Crippen LogP contribution in [0.3, 0.4) is 0 Å². The number of thioether (sulfide) groups is 1. The quantitative estimate of drug-likeness (QED) is 0.627. The third-order valence-corrected chi connectivity index (χ3v) is 5.74. The second-order valence-electron chi connectivity index (χ2n) is 6.31. The maximum atomic E-state index is 12.7. The Labute approximate surface area is 167 Å². The first-order chi connectivity index (χ1) is 13.1. The molecule has 0 fully saturated rings. The lowest BCUT2D eigenvalue weighted by molar-refractivity contribution is 0.0956. The zero-order valence-electron chi connectivity index (χ0n) is 14.6. The molecule has 3 aromatic carbocycles. The summed E-state index contributed by atoms with van der Waals surface area (Å²) in [6.07, 6.45) is 0. The van der Waals surface area contributed by atoms with Crippen molar-refractivity contribution in [3.05, 3.63) is 94.5 Å². The minimum absolute atomic E-state index is 0.150. The number of hydrogen-bond donors (Lipinski definition) is 1. The molecule has 0 saturated carbocycles. The zero-order chi connectivity index (χ0) is 18.8. The number of fused-ring (bicyclic) bond motifs is 1. The molecule has 1 atom stereocenters. The van der Waals surface area contributed by atoms with Crippen LogP contribution in [0, 0.1) is 6.92 Å². The second-order valence-corrected chi connectivity index (χ2v) is 7.89. The Kier molecular flexibility index (Phi) is 5.01. The maximum Gasteiger partial charge on any atom is 0.252 e. The van der Waals surface area contributed by atoms with Gasteiger partial charge >= 0.3 is 0 Å². The number of aliphatic imine (C=N–C) groups is 1. The Morgan fingerprint density at radius 1 is 1.00 bits per heavy atom. The van der Waals surface area contributed by atoms with Crippen molar-refractivity contribution >= 4 is 40.7 Å². The third kappa shape index (κ3) is 3.92. The number of hydrogen-bond acceptors (Lipinski definition) is 3. The first kappa shape index (κ1) is 17.8. The van der Waals surface area contributed by atoms with Crippen LogP contribution in [0.25, 0.3) is 0 Å². The molecule has 5 heteroatoms. The van der Waals surface area contributed by atoms with E-state index in [9.17, 15) is 4.79 Å². The van der Waals surface area contributed by atoms with Crippen molar-refractivity contribution in [2.75, 3.05) is 0 Å². The van der Waals surface area contributed by atoms with Crippen molar-refractivity contribution < 1.29 is 4.79 Å². The fraction of sp³-hybridized carbons (Fsp3) is 0.0909. The average molecular weight is 393 g/mol. The van der Waals surface area contributed by atoms with Crippen molar-refractivity contribution in [1.29, 1.82) is 0 Å². The Balaban J connectivity index is 1.68. The lowest BCUT2D eigenvalue weighted by Crippen LogP contribution is -2.39. The van der Waals surface area contributed by atoms with E-state index in [1.165, 1.54) is 5.56 Å². The Morgan fingerprint density at radius 2 is 1.70 bits per heavy atom. The van der Waals surface area contributed by atoms with Gasteiger partial charge in [0.05, 0.1) is 11.4 Å². The first-order valence-electron chi connectivity index (χ1n) is 8.58. The molecule has 0 spiro atoms. The van der Waals surface area contributed by atoms with Gasteiger partial charge in [-0.2, -0.15) is 0 Å². The van der Waals surface area contributed by atoms with Gasteiger partial charge in [-0.05, 0) is 48.9 Å². The van der Waals surface area contributed by atoms with E-state index in [1.807, 2.05) is 36.4 Å². The van der Waals surface area contributed by atoms with Crippen molar-refractivity contribution in [1.82, 2.24) is 5.32 Å². The number of rotatable bonds is 3. The SMILES string of the molecule is Cc1ccc(C2=Nc3ccccc3SC2NC(=O)c2ccc(Cl)cc2)cc1. The molecule has 0 bridgehead atoms. The van der Waals surface area contributed by atoms with Crippen LogP contribution in [0.15, 0.2) is 82.7 Å². The van der Waals surface area contributed by atoms with Gasteiger partial charge in [-0.15, -0.1) is 0 Å². The van der Waals surface area contributed by atoms with E-state index in [-0.39, 0.29) is 11.3 Å². The molecule has 3 nitrogen and oxygen atoms in total. The summed E-state index contributed by atoms with van der Waals surface area (Å²) in [5.74, 6) is -0.150. The maximum absolute atomic E-state index is 12.7. The van der Waals surface area contributed by atoms with Crippen LogP contribution in [-0.2, 0) is 0 Å². The van der Waals surface area contributed by atoms with Crippen LogP contribution < -0.4 is 5.32 Å². The molecule has 0 aromatic heterocycles. The summed E-state index contributed by atoms with van der Waals surface area (Å²) in [7, 11) is 0. The average Bonchev–Trinajstić information content (AvgIpc) is 2.68. The van der Waals surface area contributed by atoms with Gasteiger partial charge < -0.3 is 5.32 Å². The molecule has 1 amide bonds. The molecule has 0 saturated heterocycles. The molecule has 134 valence electrons. The summed E-state index contributed by atoms with van der Waals surface area (Å²) < 4.78 is 0. The van der Waals surface area contributed by atoms with Crippen LogP contribution in [0.5, 0.6) is 0 Å². The van der Waals surface area contributed by atoms with Crippen LogP contribution in [0.4, 0.5) is 5.69 Å². The minimum atomic E-state index is -0.272. The van der Waals surface area contributed by atoms with Gasteiger partial charge in [0.1, 0.15) is 5.37 Å². The van der Waals surface area contributed by atoms with E-state index in [0.29, 0.717) is 10.6 Å². The van der Waals surface area contributed by atoms with Gasteiger partial charge in [0.25, 0.3) is 5.91 Å². The summed E-state index contributed by atoms with van der Waals surface area (Å²) in [5, 5.41) is 3.44. The number of nitrogens with zero attached hydrogens (tertiary/aromatic N) is 1. The molecule has 1 unspecified atom stereocenters. The Morgan fingerprint density at radius 3 is 2.44 bits per heavy atom. The topological polar surface area (TPSA) is 41.5 Å². The van der Waals surface area contributed by atoms with Crippen LogP contribution in [0.2, 0.25) is 5.02 Å². The lowest BCUT2D eigenvalue weighted by Gasteiger charge is -2.25. The van der Waals surface area contributed by atoms with E-state index >= 15 is 0 Å². The molecule has 1 aliphatic rings. The van der Waals surface area contributed by atoms with E-state index in [2.05, 4.69) is 24.4 Å². The summed E-state index contributed by atoms with van der Waals surface area (Å²) in [5.41, 5.74) is 4.53. The normalized spacial score (nSPS) is 15.6. The number of para-hydroxylation sites is 1. The van der Waals surface area contributed by atoms with E-state index in [4.69, 9.17) is 16.6 Å². The molecule has 1 heterocycles. The highest BCUT2D eigenvalue weighted by Crippen LogP contribution is 2.38. The largest absolute Gasteiger partial charge is 0.334 e. The van der Waals surface area contributed by atoms with Crippen molar-refractivity contribution in [3.8, 4) is 0 Å². The number of aryl methyl sites for hydroxylation is 1. The minimum Gasteiger partial charge on any atom is -0.334 e.